The van der Waals surface area contributed by atoms with Gasteiger partial charge in [-0.05, 0) is 116 Å². The standard InChI is InChI=1S/C70H116O6/c1-4-7-10-13-16-18-20-22-24-26-28-29-30-31-32-33-34-35-36-37-38-39-40-41-43-44-46-48-50-52-54-57-60-63-69(72)75-66-67(65-74-68(71)62-59-56-15-12-9-6-3)76-70(73)64-61-58-55-53-51-49-47-45-42-27-25-23-21-19-17-14-11-8-5-2/h7,10,16,18,22-25,28-29,31-32,34-35,37-38,40-41,44,46,67H,4-6,8-9,11-15,17,19-21,26-27,30,33,36,39,42-43,45,47-66H2,1-3H3/b10-7-,18-16-,24-22-,25-23-,29-28-,32-31-,35-34-,38-37-,41-40-,46-44-. The third-order valence-electron chi connectivity index (χ3n) is 13.2. The van der Waals surface area contributed by atoms with Crippen LogP contribution < -0.4 is 0 Å². The van der Waals surface area contributed by atoms with E-state index in [9.17, 15) is 14.4 Å². The molecule has 0 aromatic heterocycles. The van der Waals surface area contributed by atoms with Crippen LogP contribution in [0, 0.1) is 0 Å². The summed E-state index contributed by atoms with van der Waals surface area (Å²) in [5.74, 6) is -0.915. The van der Waals surface area contributed by atoms with Gasteiger partial charge in [0.1, 0.15) is 13.2 Å². The summed E-state index contributed by atoms with van der Waals surface area (Å²) in [6, 6.07) is 0. The van der Waals surface area contributed by atoms with E-state index in [-0.39, 0.29) is 31.1 Å². The van der Waals surface area contributed by atoms with Crippen molar-refractivity contribution in [3.63, 3.8) is 0 Å². The van der Waals surface area contributed by atoms with E-state index < -0.39 is 6.10 Å². The zero-order valence-electron chi connectivity index (χ0n) is 49.5. The Kier molecular flexibility index (Phi) is 59.9. The van der Waals surface area contributed by atoms with E-state index in [4.69, 9.17) is 14.2 Å². The Morgan fingerprint density at radius 1 is 0.276 bits per heavy atom. The van der Waals surface area contributed by atoms with Crippen molar-refractivity contribution in [1.29, 1.82) is 0 Å². The normalized spacial score (nSPS) is 12.9. The number of carbonyl (C=O) groups excluding carboxylic acids is 3. The second-order valence-corrected chi connectivity index (χ2v) is 20.6. The number of unbranched alkanes of at least 4 members (excludes halogenated alkanes) is 25. The highest BCUT2D eigenvalue weighted by Gasteiger charge is 2.19. The van der Waals surface area contributed by atoms with Crippen LogP contribution in [-0.2, 0) is 28.6 Å². The number of ether oxygens (including phenoxy) is 3. The maximum atomic E-state index is 12.8. The number of hydrogen-bond donors (Lipinski definition) is 0. The molecule has 0 fully saturated rings. The molecule has 1 atom stereocenters. The number of carbonyl (C=O) groups is 3. The van der Waals surface area contributed by atoms with Crippen LogP contribution in [0.5, 0.6) is 0 Å². The maximum absolute atomic E-state index is 12.8. The lowest BCUT2D eigenvalue weighted by Gasteiger charge is -2.18. The van der Waals surface area contributed by atoms with Gasteiger partial charge in [0.15, 0.2) is 6.10 Å². The Bertz CT molecular complexity index is 1590. The Labute approximate surface area is 469 Å². The van der Waals surface area contributed by atoms with Crippen LogP contribution in [0.3, 0.4) is 0 Å². The molecular formula is C70H116O6. The highest BCUT2D eigenvalue weighted by Crippen LogP contribution is 2.15. The molecule has 0 amide bonds. The molecule has 0 aromatic rings. The molecule has 0 aromatic carbocycles. The third-order valence-corrected chi connectivity index (χ3v) is 13.2. The van der Waals surface area contributed by atoms with Crippen molar-refractivity contribution in [2.75, 3.05) is 13.2 Å². The minimum atomic E-state index is -0.786. The average Bonchev–Trinajstić information content (AvgIpc) is 3.42. The van der Waals surface area contributed by atoms with E-state index in [0.29, 0.717) is 19.3 Å². The molecular weight excluding hydrogens is 937 g/mol. The van der Waals surface area contributed by atoms with E-state index >= 15 is 0 Å². The zero-order chi connectivity index (χ0) is 55.0. The van der Waals surface area contributed by atoms with Crippen LogP contribution in [0.15, 0.2) is 122 Å². The Balaban J connectivity index is 4.16. The number of rotatable bonds is 56. The fourth-order valence-electron chi connectivity index (χ4n) is 8.49. The molecule has 0 radical (unpaired) electrons. The van der Waals surface area contributed by atoms with Crippen LogP contribution >= 0.6 is 0 Å². The molecule has 0 saturated carbocycles. The largest absolute Gasteiger partial charge is 0.462 e. The summed E-state index contributed by atoms with van der Waals surface area (Å²) in [5, 5.41) is 0. The van der Waals surface area contributed by atoms with Gasteiger partial charge in [0.05, 0.1) is 0 Å². The quantitative estimate of drug-likeness (QED) is 0.0261. The average molecular weight is 1050 g/mol. The predicted octanol–water partition coefficient (Wildman–Crippen LogP) is 21.6. The van der Waals surface area contributed by atoms with E-state index in [2.05, 4.69) is 142 Å². The predicted molar refractivity (Wildman–Crippen MR) is 330 cm³/mol. The molecule has 6 nitrogen and oxygen atoms in total. The molecule has 0 heterocycles. The van der Waals surface area contributed by atoms with Crippen molar-refractivity contribution in [1.82, 2.24) is 0 Å². The fraction of sp³-hybridized carbons (Fsp3) is 0.671. The Morgan fingerprint density at radius 2 is 0.513 bits per heavy atom. The van der Waals surface area contributed by atoms with Crippen LogP contribution in [0.2, 0.25) is 0 Å². The van der Waals surface area contributed by atoms with Gasteiger partial charge in [0.25, 0.3) is 0 Å². The molecule has 6 heteroatoms. The monoisotopic (exact) mass is 1050 g/mol. The summed E-state index contributed by atoms with van der Waals surface area (Å²) in [6.07, 6.45) is 88.1. The first kappa shape index (κ1) is 71.8. The molecule has 0 N–H and O–H groups in total. The first-order valence-corrected chi connectivity index (χ1v) is 31.5. The van der Waals surface area contributed by atoms with Crippen LogP contribution in [0.1, 0.15) is 284 Å². The lowest BCUT2D eigenvalue weighted by atomic mass is 10.1. The van der Waals surface area contributed by atoms with Crippen LogP contribution in [0.25, 0.3) is 0 Å². The zero-order valence-corrected chi connectivity index (χ0v) is 49.5. The van der Waals surface area contributed by atoms with E-state index in [1.165, 1.54) is 109 Å². The summed E-state index contributed by atoms with van der Waals surface area (Å²) in [4.78, 5) is 38.0. The molecule has 0 saturated heterocycles. The summed E-state index contributed by atoms with van der Waals surface area (Å²) >= 11 is 0. The smallest absolute Gasteiger partial charge is 0.306 e. The summed E-state index contributed by atoms with van der Waals surface area (Å²) in [6.45, 7) is 6.45. The van der Waals surface area contributed by atoms with Crippen molar-refractivity contribution in [2.45, 2.75) is 290 Å². The van der Waals surface area contributed by atoms with E-state index in [1.54, 1.807) is 0 Å². The number of hydrogen-bond acceptors (Lipinski definition) is 6. The fourth-order valence-corrected chi connectivity index (χ4v) is 8.49. The number of allylic oxidation sites excluding steroid dienone is 20. The van der Waals surface area contributed by atoms with Crippen molar-refractivity contribution in [3.8, 4) is 0 Å². The summed E-state index contributed by atoms with van der Waals surface area (Å²) in [7, 11) is 0. The van der Waals surface area contributed by atoms with Crippen LogP contribution in [0.4, 0.5) is 0 Å². The Morgan fingerprint density at radius 3 is 0.816 bits per heavy atom. The Hall–Kier alpha value is -4.19. The van der Waals surface area contributed by atoms with Gasteiger partial charge in [-0.25, -0.2) is 0 Å². The maximum Gasteiger partial charge on any atom is 0.306 e. The van der Waals surface area contributed by atoms with Crippen LogP contribution in [-0.4, -0.2) is 37.2 Å². The third kappa shape index (κ3) is 60.7. The van der Waals surface area contributed by atoms with Crippen molar-refractivity contribution in [3.05, 3.63) is 122 Å². The second-order valence-electron chi connectivity index (χ2n) is 20.6. The second kappa shape index (κ2) is 63.3. The molecule has 1 unspecified atom stereocenters. The van der Waals surface area contributed by atoms with Gasteiger partial charge in [-0.1, -0.05) is 271 Å². The van der Waals surface area contributed by atoms with Crippen molar-refractivity contribution >= 4 is 17.9 Å². The van der Waals surface area contributed by atoms with E-state index in [0.717, 1.165) is 135 Å². The minimum absolute atomic E-state index is 0.0858. The molecule has 0 aliphatic rings. The SMILES string of the molecule is CC/C=C\C/C=C\C/C=C\C/C=C\C/C=C\C/C=C\C/C=C\C/C=C\C/C=C\CCCCCCCC(=O)OCC(COC(=O)CCCCCCCC)OC(=O)CCCCCCCCCCC/C=C\CCCCCCCC. The first-order chi connectivity index (χ1) is 37.5. The van der Waals surface area contributed by atoms with Gasteiger partial charge in [-0.2, -0.15) is 0 Å². The van der Waals surface area contributed by atoms with Gasteiger partial charge >= 0.3 is 17.9 Å². The highest BCUT2D eigenvalue weighted by atomic mass is 16.6. The molecule has 432 valence electrons. The van der Waals surface area contributed by atoms with Crippen molar-refractivity contribution in [2.24, 2.45) is 0 Å². The van der Waals surface area contributed by atoms with Gasteiger partial charge in [-0.15, -0.1) is 0 Å². The molecule has 0 rings (SSSR count). The highest BCUT2D eigenvalue weighted by molar-refractivity contribution is 5.71. The van der Waals surface area contributed by atoms with Gasteiger partial charge in [0.2, 0.25) is 0 Å². The molecule has 0 aliphatic carbocycles. The summed E-state index contributed by atoms with van der Waals surface area (Å²) in [5.41, 5.74) is 0. The van der Waals surface area contributed by atoms with Gasteiger partial charge in [-0.3, -0.25) is 14.4 Å². The van der Waals surface area contributed by atoms with Gasteiger partial charge in [0, 0.05) is 19.3 Å². The molecule has 0 aliphatic heterocycles. The molecule has 0 spiro atoms. The topological polar surface area (TPSA) is 78.9 Å². The van der Waals surface area contributed by atoms with E-state index in [1.807, 2.05) is 0 Å². The molecule has 0 bridgehead atoms. The lowest BCUT2D eigenvalue weighted by Crippen LogP contribution is -2.30. The van der Waals surface area contributed by atoms with Gasteiger partial charge < -0.3 is 14.2 Å². The lowest BCUT2D eigenvalue weighted by molar-refractivity contribution is -0.167. The first-order valence-electron chi connectivity index (χ1n) is 31.5. The summed E-state index contributed by atoms with van der Waals surface area (Å²) < 4.78 is 16.8. The molecule has 76 heavy (non-hydrogen) atoms. The minimum Gasteiger partial charge on any atom is -0.462 e. The van der Waals surface area contributed by atoms with Crippen molar-refractivity contribution < 1.29 is 28.6 Å². The number of esters is 3.